The molecule has 2 aromatic rings. The summed E-state index contributed by atoms with van der Waals surface area (Å²) < 4.78 is 13.5. The van der Waals surface area contributed by atoms with Crippen molar-refractivity contribution < 1.29 is 9.18 Å². The Hall–Kier alpha value is -2.16. The number of carbonyl (C=O) groups is 1. The minimum atomic E-state index is -0.516. The van der Waals surface area contributed by atoms with Gasteiger partial charge in [-0.25, -0.2) is 4.39 Å². The first kappa shape index (κ1) is 10.4. The molecule has 0 saturated carbocycles. The second kappa shape index (κ2) is 4.14. The summed E-state index contributed by atoms with van der Waals surface area (Å²) in [7, 11) is 0. The molecule has 0 saturated heterocycles. The molecule has 0 atom stereocenters. The lowest BCUT2D eigenvalue weighted by molar-refractivity contribution is 0.100. The van der Waals surface area contributed by atoms with Gasteiger partial charge in [0.1, 0.15) is 5.82 Å². The maximum Gasteiger partial charge on any atom is 0.248 e. The van der Waals surface area contributed by atoms with Crippen molar-refractivity contribution in [2.24, 2.45) is 5.73 Å². The third-order valence-corrected chi connectivity index (χ3v) is 2.33. The summed E-state index contributed by atoms with van der Waals surface area (Å²) in [5.74, 6) is -0.831. The molecule has 0 aromatic heterocycles. The smallest absolute Gasteiger partial charge is 0.248 e. The first-order chi connectivity index (χ1) is 7.68. The van der Waals surface area contributed by atoms with Crippen LogP contribution in [-0.2, 0) is 0 Å². The van der Waals surface area contributed by atoms with E-state index in [0.717, 1.165) is 0 Å². The Morgan fingerprint density at radius 1 is 1.06 bits per heavy atom. The summed E-state index contributed by atoms with van der Waals surface area (Å²) in [4.78, 5) is 11.0. The van der Waals surface area contributed by atoms with Crippen LogP contribution in [-0.4, -0.2) is 5.91 Å². The lowest BCUT2D eigenvalue weighted by Crippen LogP contribution is -2.10. The molecule has 3 heteroatoms. The Labute approximate surface area is 92.5 Å². The van der Waals surface area contributed by atoms with E-state index >= 15 is 0 Å². The lowest BCUT2D eigenvalue weighted by atomic mass is 10.0. The average Bonchev–Trinajstić information content (AvgIpc) is 2.30. The summed E-state index contributed by atoms with van der Waals surface area (Å²) in [6, 6.07) is 13.0. The van der Waals surface area contributed by atoms with Crippen LogP contribution in [0.3, 0.4) is 0 Å². The van der Waals surface area contributed by atoms with Gasteiger partial charge in [0, 0.05) is 11.1 Å². The summed E-state index contributed by atoms with van der Waals surface area (Å²) in [6.07, 6.45) is 0. The van der Waals surface area contributed by atoms with Crippen LogP contribution in [0.2, 0.25) is 0 Å². The number of benzene rings is 2. The molecule has 0 unspecified atom stereocenters. The van der Waals surface area contributed by atoms with E-state index < -0.39 is 5.91 Å². The van der Waals surface area contributed by atoms with Crippen molar-refractivity contribution in [2.45, 2.75) is 0 Å². The zero-order chi connectivity index (χ0) is 11.5. The monoisotopic (exact) mass is 215 g/mol. The zero-order valence-electron chi connectivity index (χ0n) is 8.48. The number of carbonyl (C=O) groups excluding carboxylic acids is 1. The Kier molecular flexibility index (Phi) is 2.68. The van der Waals surface area contributed by atoms with Crippen molar-refractivity contribution in [1.29, 1.82) is 0 Å². The van der Waals surface area contributed by atoms with Gasteiger partial charge in [-0.3, -0.25) is 4.79 Å². The van der Waals surface area contributed by atoms with Gasteiger partial charge in [-0.1, -0.05) is 30.3 Å². The second-order valence-corrected chi connectivity index (χ2v) is 3.42. The minimum Gasteiger partial charge on any atom is -0.366 e. The van der Waals surface area contributed by atoms with E-state index in [1.54, 1.807) is 42.5 Å². The maximum absolute atomic E-state index is 13.5. The fourth-order valence-corrected chi connectivity index (χ4v) is 1.54. The molecule has 0 radical (unpaired) electrons. The highest BCUT2D eigenvalue weighted by molar-refractivity contribution is 5.94. The predicted octanol–water partition coefficient (Wildman–Crippen LogP) is 2.59. The van der Waals surface area contributed by atoms with Crippen LogP contribution >= 0.6 is 0 Å². The minimum absolute atomic E-state index is 0.316. The molecule has 0 spiro atoms. The quantitative estimate of drug-likeness (QED) is 0.822. The highest BCUT2D eigenvalue weighted by atomic mass is 19.1. The highest BCUT2D eigenvalue weighted by Gasteiger charge is 2.06. The molecule has 0 fully saturated rings. The van der Waals surface area contributed by atoms with E-state index in [2.05, 4.69) is 0 Å². The van der Waals surface area contributed by atoms with Gasteiger partial charge in [0.05, 0.1) is 0 Å². The van der Waals surface area contributed by atoms with Gasteiger partial charge in [-0.2, -0.15) is 0 Å². The standard InChI is InChI=1S/C13H10FNO/c14-12-7-2-1-6-11(12)9-4-3-5-10(8-9)13(15)16/h1-8H,(H2,15,16). The Bertz CT molecular complexity index is 537. The van der Waals surface area contributed by atoms with Crippen molar-refractivity contribution in [1.82, 2.24) is 0 Å². The molecule has 0 heterocycles. The number of rotatable bonds is 2. The van der Waals surface area contributed by atoms with Gasteiger partial charge < -0.3 is 5.73 Å². The van der Waals surface area contributed by atoms with Crippen LogP contribution < -0.4 is 5.73 Å². The molecule has 1 amide bonds. The van der Waals surface area contributed by atoms with Crippen LogP contribution in [0.1, 0.15) is 10.4 Å². The van der Waals surface area contributed by atoms with E-state index in [4.69, 9.17) is 5.73 Å². The third-order valence-electron chi connectivity index (χ3n) is 2.33. The number of hydrogen-bond donors (Lipinski definition) is 1. The van der Waals surface area contributed by atoms with Crippen molar-refractivity contribution in [3.63, 3.8) is 0 Å². The number of primary amides is 1. The molecule has 16 heavy (non-hydrogen) atoms. The Balaban J connectivity index is 2.53. The zero-order valence-corrected chi connectivity index (χ0v) is 8.48. The number of halogens is 1. The Morgan fingerprint density at radius 3 is 2.50 bits per heavy atom. The molecule has 0 aliphatic rings. The molecule has 80 valence electrons. The predicted molar refractivity (Wildman–Crippen MR) is 60.4 cm³/mol. The summed E-state index contributed by atoms with van der Waals surface area (Å²) in [5, 5.41) is 0. The highest BCUT2D eigenvalue weighted by Crippen LogP contribution is 2.23. The molecule has 2 aromatic carbocycles. The van der Waals surface area contributed by atoms with E-state index in [0.29, 0.717) is 16.7 Å². The number of nitrogens with two attached hydrogens (primary N) is 1. The largest absolute Gasteiger partial charge is 0.366 e. The molecule has 2 nitrogen and oxygen atoms in total. The van der Waals surface area contributed by atoms with Crippen LogP contribution in [0, 0.1) is 5.82 Å². The normalized spacial score (nSPS) is 10.1. The van der Waals surface area contributed by atoms with E-state index in [1.165, 1.54) is 6.07 Å². The first-order valence-corrected chi connectivity index (χ1v) is 4.83. The van der Waals surface area contributed by atoms with Gasteiger partial charge in [0.2, 0.25) is 5.91 Å². The van der Waals surface area contributed by atoms with Crippen LogP contribution in [0.4, 0.5) is 4.39 Å². The SMILES string of the molecule is NC(=O)c1cccc(-c2ccccc2F)c1. The summed E-state index contributed by atoms with van der Waals surface area (Å²) >= 11 is 0. The first-order valence-electron chi connectivity index (χ1n) is 4.83. The van der Waals surface area contributed by atoms with E-state index in [1.807, 2.05) is 0 Å². The number of amides is 1. The third kappa shape index (κ3) is 1.93. The average molecular weight is 215 g/mol. The lowest BCUT2D eigenvalue weighted by Gasteiger charge is -2.04. The van der Waals surface area contributed by atoms with Crippen molar-refractivity contribution in [3.05, 3.63) is 59.9 Å². The Morgan fingerprint density at radius 2 is 1.81 bits per heavy atom. The van der Waals surface area contributed by atoms with Crippen molar-refractivity contribution >= 4 is 5.91 Å². The summed E-state index contributed by atoms with van der Waals surface area (Å²) in [5.41, 5.74) is 6.65. The van der Waals surface area contributed by atoms with Gasteiger partial charge in [0.15, 0.2) is 0 Å². The molecule has 0 aliphatic heterocycles. The molecular weight excluding hydrogens is 205 g/mol. The fourth-order valence-electron chi connectivity index (χ4n) is 1.54. The molecule has 2 N–H and O–H groups in total. The molecule has 2 rings (SSSR count). The van der Waals surface area contributed by atoms with Crippen molar-refractivity contribution in [3.8, 4) is 11.1 Å². The number of hydrogen-bond acceptors (Lipinski definition) is 1. The van der Waals surface area contributed by atoms with Gasteiger partial charge in [-0.15, -0.1) is 0 Å². The van der Waals surface area contributed by atoms with Gasteiger partial charge >= 0.3 is 0 Å². The van der Waals surface area contributed by atoms with Gasteiger partial charge in [0.25, 0.3) is 0 Å². The van der Waals surface area contributed by atoms with Crippen LogP contribution in [0.25, 0.3) is 11.1 Å². The van der Waals surface area contributed by atoms with E-state index in [9.17, 15) is 9.18 Å². The summed E-state index contributed by atoms with van der Waals surface area (Å²) in [6.45, 7) is 0. The van der Waals surface area contributed by atoms with Gasteiger partial charge in [-0.05, 0) is 23.8 Å². The van der Waals surface area contributed by atoms with Crippen LogP contribution in [0.5, 0.6) is 0 Å². The van der Waals surface area contributed by atoms with E-state index in [-0.39, 0.29) is 5.82 Å². The van der Waals surface area contributed by atoms with Crippen LogP contribution in [0.15, 0.2) is 48.5 Å². The second-order valence-electron chi connectivity index (χ2n) is 3.42. The maximum atomic E-state index is 13.5. The fraction of sp³-hybridized carbons (Fsp3) is 0. The molecule has 0 bridgehead atoms. The van der Waals surface area contributed by atoms with Crippen molar-refractivity contribution in [2.75, 3.05) is 0 Å². The topological polar surface area (TPSA) is 43.1 Å². The molecule has 0 aliphatic carbocycles. The molecular formula is C13H10FNO.